The van der Waals surface area contributed by atoms with Gasteiger partial charge in [-0.2, -0.15) is 18.3 Å². The number of anilines is 4. The van der Waals surface area contributed by atoms with Crippen molar-refractivity contribution in [1.82, 2.24) is 39.3 Å². The minimum Gasteiger partial charge on any atom is -0.493 e. The number of hydrogen-bond acceptors (Lipinski definition) is 18. The number of carbonyl (C=O) groups is 5. The van der Waals surface area contributed by atoms with Crippen molar-refractivity contribution < 1.29 is 70.3 Å². The van der Waals surface area contributed by atoms with Gasteiger partial charge in [-0.05, 0) is 217 Å². The zero-order chi connectivity index (χ0) is 93.5. The van der Waals surface area contributed by atoms with Crippen LogP contribution in [0.4, 0.5) is 36.1 Å². The predicted molar refractivity (Wildman–Crippen MR) is 511 cm³/mol. The molecule has 700 valence electrons. The molecule has 22 rings (SSSR count). The number of nitrogens with one attached hydrogen (secondary N) is 1. The molecule has 5 spiro atoms. The highest BCUT2D eigenvalue weighted by Crippen LogP contribution is 2.51. The summed E-state index contributed by atoms with van der Waals surface area (Å²) in [5.74, 6) is 1.98. The van der Waals surface area contributed by atoms with Crippen molar-refractivity contribution in [1.29, 1.82) is 0 Å². The number of rotatable bonds is 11. The molecule has 0 bridgehead atoms. The molecule has 6 saturated heterocycles. The number of piperidine rings is 6. The second-order valence-electron chi connectivity index (χ2n) is 36.6. The first-order chi connectivity index (χ1) is 65.5. The third-order valence-corrected chi connectivity index (χ3v) is 28.8. The molecule has 0 radical (unpaired) electrons. The van der Waals surface area contributed by atoms with Crippen molar-refractivity contribution in [2.45, 2.75) is 158 Å². The van der Waals surface area contributed by atoms with E-state index in [2.05, 4.69) is 139 Å². The normalized spacial score (nSPS) is 18.8. The van der Waals surface area contributed by atoms with Crippen LogP contribution in [0.15, 0.2) is 231 Å². The van der Waals surface area contributed by atoms with Crippen LogP contribution >= 0.6 is 0 Å². The van der Waals surface area contributed by atoms with Crippen LogP contribution in [0.3, 0.4) is 0 Å². The third-order valence-electron chi connectivity index (χ3n) is 28.8. The Kier molecular flexibility index (Phi) is 27.3. The van der Waals surface area contributed by atoms with Gasteiger partial charge < -0.3 is 73.6 Å². The molecule has 0 atom stereocenters. The van der Waals surface area contributed by atoms with Gasteiger partial charge in [-0.25, -0.2) is 9.97 Å². The predicted octanol–water partition coefficient (Wildman–Crippen LogP) is 18.1. The third kappa shape index (κ3) is 19.8. The smallest absolute Gasteiger partial charge is 0.435 e. The summed E-state index contributed by atoms with van der Waals surface area (Å²) in [6, 6.07) is 69.8. The van der Waals surface area contributed by atoms with E-state index in [1.165, 1.54) is 83.4 Å². The highest BCUT2D eigenvalue weighted by atomic mass is 19.4. The van der Waals surface area contributed by atoms with E-state index in [1.807, 2.05) is 124 Å². The van der Waals surface area contributed by atoms with Gasteiger partial charge in [0, 0.05) is 145 Å². The number of carbonyl (C=O) groups excluding carboxylic acids is 5. The zero-order valence-electron chi connectivity index (χ0n) is 76.9. The molecule has 0 unspecified atom stereocenters. The Morgan fingerprint density at radius 1 is 0.430 bits per heavy atom. The lowest BCUT2D eigenvalue weighted by molar-refractivity contribution is -0.141. The lowest BCUT2D eigenvalue weighted by Gasteiger charge is -2.40. The lowest BCUT2D eigenvalue weighted by Crippen LogP contribution is -2.45. The van der Waals surface area contributed by atoms with Crippen molar-refractivity contribution >= 4 is 75.5 Å². The van der Waals surface area contributed by atoms with Crippen LogP contribution in [-0.4, -0.2) is 162 Å². The van der Waals surface area contributed by atoms with E-state index in [9.17, 15) is 37.1 Å². The summed E-state index contributed by atoms with van der Waals surface area (Å²) in [6.07, 6.45) is 16.1. The number of ether oxygens (including phenoxy) is 7. The van der Waals surface area contributed by atoms with E-state index >= 15 is 0 Å². The SMILES string of the molecule is CC(=O)Nc1ccc(/C=C/C(=O)N2CCC3(CC2)OCc2ccccc23)cc1.COc1cc2ncnc(N3CCC4(CC3)OCc3ccccc34)c2cc1OC.Cn1nc(C(F)(F)F)cc1C(=O)N1CCC2(CC1)OCc1ccccc12.Nc1ccc(/C=C/C(=O)N2CCC3(CC2)OCc2ccccc23)cc1.O=C(c1ccc(N2CCCCC2)cc1)N1CCC2(CC1)OCc1ccccc12. The Hall–Kier alpha value is -13.1. The van der Waals surface area contributed by atoms with Crippen LogP contribution in [0.25, 0.3) is 23.1 Å². The number of fused-ring (bicyclic) bond motifs is 11. The Bertz CT molecular complexity index is 6180. The maximum atomic E-state index is 13.0. The topological polar surface area (TPSA) is 251 Å². The quantitative estimate of drug-likeness (QED) is 0.0902. The molecule has 0 aliphatic carbocycles. The van der Waals surface area contributed by atoms with E-state index in [4.69, 9.17) is 38.9 Å². The van der Waals surface area contributed by atoms with Gasteiger partial charge in [-0.15, -0.1) is 0 Å². The van der Waals surface area contributed by atoms with Gasteiger partial charge in [-0.3, -0.25) is 28.7 Å². The number of benzene rings is 9. The van der Waals surface area contributed by atoms with E-state index in [0.29, 0.717) is 83.6 Å². The van der Waals surface area contributed by atoms with Crippen molar-refractivity contribution in [3.05, 3.63) is 315 Å². The van der Waals surface area contributed by atoms with Gasteiger partial charge in [0.2, 0.25) is 17.7 Å². The maximum Gasteiger partial charge on any atom is 0.435 e. The van der Waals surface area contributed by atoms with E-state index in [1.54, 1.807) is 37.6 Å². The highest BCUT2D eigenvalue weighted by Gasteiger charge is 2.49. The summed E-state index contributed by atoms with van der Waals surface area (Å²) >= 11 is 0. The Morgan fingerprint density at radius 2 is 0.807 bits per heavy atom. The first-order valence-corrected chi connectivity index (χ1v) is 47.0. The second-order valence-corrected chi connectivity index (χ2v) is 36.6. The van der Waals surface area contributed by atoms with Crippen LogP contribution in [0, 0.1) is 0 Å². The number of likely N-dealkylation sites (tertiary alicyclic amines) is 4. The summed E-state index contributed by atoms with van der Waals surface area (Å²) in [6.45, 7) is 14.0. The summed E-state index contributed by atoms with van der Waals surface area (Å²) < 4.78 is 81.2. The van der Waals surface area contributed by atoms with Gasteiger partial charge in [-0.1, -0.05) is 146 Å². The van der Waals surface area contributed by atoms with Gasteiger partial charge in [0.25, 0.3) is 11.8 Å². The van der Waals surface area contributed by atoms with E-state index in [0.717, 1.165) is 170 Å². The summed E-state index contributed by atoms with van der Waals surface area (Å²) in [4.78, 5) is 82.9. The van der Waals surface area contributed by atoms with Gasteiger partial charge in [0.15, 0.2) is 17.2 Å². The van der Waals surface area contributed by atoms with Crippen LogP contribution in [0.2, 0.25) is 0 Å². The Morgan fingerprint density at radius 3 is 1.20 bits per heavy atom. The van der Waals surface area contributed by atoms with Gasteiger partial charge >= 0.3 is 6.18 Å². The number of nitrogens with two attached hydrogens (primary N) is 1. The van der Waals surface area contributed by atoms with Crippen LogP contribution in [0.1, 0.15) is 184 Å². The molecule has 24 nitrogen and oxygen atoms in total. The minimum absolute atomic E-state index is 0.0204. The van der Waals surface area contributed by atoms with E-state index in [-0.39, 0.29) is 51.7 Å². The molecule has 6 fully saturated rings. The summed E-state index contributed by atoms with van der Waals surface area (Å²) in [5.41, 5.74) is 22.4. The molecule has 11 aliphatic rings. The average molecular weight is 1830 g/mol. The molecule has 11 aromatic rings. The van der Waals surface area contributed by atoms with Gasteiger partial charge in [0.1, 0.15) is 17.8 Å². The number of halogens is 3. The number of hydrogen-bond donors (Lipinski definition) is 2. The van der Waals surface area contributed by atoms with E-state index < -0.39 is 23.4 Å². The second kappa shape index (κ2) is 39.9. The number of alkyl halides is 3. The first-order valence-electron chi connectivity index (χ1n) is 47.0. The van der Waals surface area contributed by atoms with Crippen LogP contribution in [-0.2, 0) is 112 Å². The molecule has 3 N–H and O–H groups in total. The van der Waals surface area contributed by atoms with Gasteiger partial charge in [0.05, 0.1) is 80.8 Å². The molecule has 9 aromatic carbocycles. The number of nitrogen functional groups attached to an aromatic ring is 1. The molecule has 0 saturated carbocycles. The highest BCUT2D eigenvalue weighted by molar-refractivity contribution is 5.96. The van der Waals surface area contributed by atoms with Crippen molar-refractivity contribution in [2.24, 2.45) is 7.05 Å². The standard InChI is InChI=1S/C24H28N2O2.C23H24N2O3.C22H23N3O3.C21H22N2O2.C18H18F3N3O2/c27-23(19-8-10-21(11-9-19)25-14-4-1-5-15-25)26-16-12-24(13-17-26)22-7-3-2-6-20(22)18-28-24;1-17(26)24-20-9-6-18(7-10-20)8-11-22(27)25-14-12-23(13-15-25)21-5-3-2-4-19(21)16-28-23;1-26-19-11-16-18(12-20(19)27-2)23-14-24-21(16)25-9-7-22(8-10-25)17-6-4-3-5-15(17)13-28-22;22-18-8-5-16(6-9-18)7-10-20(24)23-13-11-21(12-14-23)19-4-2-1-3-17(19)15-25-21;1-23-14(10-15(22-23)18(19,20)21)16(25)24-8-6-17(7-9-24)13-5-3-2-4-12(13)11-26-17/h2-3,6-11H,1,4-5,12-18H2;2-11H,12-16H2,1H3,(H,24,26);3-6,11-12,14H,7-10,13H2,1-2H3;1-10H,11-15,22H2;2-5,10H,6-9,11H2,1H3/b;11-8+;;10-7+;. The Balaban J connectivity index is 0.000000113. The largest absolute Gasteiger partial charge is 0.493 e. The maximum absolute atomic E-state index is 13.0. The molecule has 5 amide bonds. The number of aryl methyl sites for hydroxylation is 1. The average Bonchev–Trinajstić information content (AvgIpc) is 1.65. The number of methoxy groups -OCH3 is 2. The van der Waals surface area contributed by atoms with Crippen molar-refractivity contribution in [3.63, 3.8) is 0 Å². The zero-order valence-corrected chi connectivity index (χ0v) is 76.9. The summed E-state index contributed by atoms with van der Waals surface area (Å²) in [5, 5.41) is 7.12. The monoisotopic (exact) mass is 1830 g/mol. The van der Waals surface area contributed by atoms with Crippen LogP contribution < -0.4 is 30.3 Å². The molecule has 11 aliphatic heterocycles. The fourth-order valence-corrected chi connectivity index (χ4v) is 21.2. The molecule has 13 heterocycles. The van der Waals surface area contributed by atoms with Crippen molar-refractivity contribution in [3.8, 4) is 11.5 Å². The fraction of sp³-hybridized carbons (Fsp3) is 0.370. The number of amides is 5. The number of nitrogens with zero attached hydrogens (tertiary/aromatic N) is 10. The fourth-order valence-electron chi connectivity index (χ4n) is 21.2. The molecular formula is C108H115F3N12O12. The molecule has 135 heavy (non-hydrogen) atoms. The number of aromatic nitrogens is 4. The summed E-state index contributed by atoms with van der Waals surface area (Å²) in [7, 11) is 4.63. The Labute approximate surface area is 785 Å². The first kappa shape index (κ1) is 92.4. The lowest BCUT2D eigenvalue weighted by atomic mass is 9.83. The molecule has 27 heteroatoms. The van der Waals surface area contributed by atoms with Crippen LogP contribution in [0.5, 0.6) is 11.5 Å². The molecular weight excluding hydrogens is 1710 g/mol. The molecule has 2 aromatic heterocycles. The van der Waals surface area contributed by atoms with Crippen molar-refractivity contribution in [2.75, 3.05) is 114 Å². The minimum atomic E-state index is -4.57.